The highest BCUT2D eigenvalue weighted by molar-refractivity contribution is 7.99. The van der Waals surface area contributed by atoms with Gasteiger partial charge in [0.2, 0.25) is 0 Å². The monoisotopic (exact) mass is 242 g/mol. The molecule has 0 aromatic carbocycles. The van der Waals surface area contributed by atoms with Gasteiger partial charge in [-0.3, -0.25) is 9.78 Å². The van der Waals surface area contributed by atoms with Gasteiger partial charge in [0.25, 0.3) is 0 Å². The van der Waals surface area contributed by atoms with Crippen LogP contribution in [0.25, 0.3) is 0 Å². The lowest BCUT2D eigenvalue weighted by Crippen LogP contribution is -2.17. The van der Waals surface area contributed by atoms with Crippen molar-refractivity contribution in [3.63, 3.8) is 0 Å². The van der Waals surface area contributed by atoms with Crippen LogP contribution in [0.2, 0.25) is 0 Å². The number of hydrogen-bond donors (Lipinski definition) is 1. The number of thioether (sulfide) groups is 1. The summed E-state index contributed by atoms with van der Waals surface area (Å²) in [7, 11) is 0. The fraction of sp³-hybridized carbons (Fsp3) is 0.500. The van der Waals surface area contributed by atoms with Gasteiger partial charge in [0.15, 0.2) is 0 Å². The zero-order chi connectivity index (χ0) is 11.8. The predicted octanol–water partition coefficient (Wildman–Crippen LogP) is 0.883. The van der Waals surface area contributed by atoms with Crippen LogP contribution in [0.3, 0.4) is 0 Å². The van der Waals surface area contributed by atoms with E-state index < -0.39 is 6.10 Å². The van der Waals surface area contributed by atoms with E-state index in [0.717, 1.165) is 5.03 Å². The van der Waals surface area contributed by atoms with E-state index in [1.165, 1.54) is 11.8 Å². The molecule has 0 radical (unpaired) electrons. The zero-order valence-electron chi connectivity index (χ0n) is 9.00. The molecule has 0 aliphatic rings. The first-order chi connectivity index (χ1) is 7.72. The Kier molecular flexibility index (Phi) is 5.81. The van der Waals surface area contributed by atoms with E-state index >= 15 is 0 Å². The topological polar surface area (TPSA) is 72.3 Å². The molecule has 88 valence electrons. The van der Waals surface area contributed by atoms with E-state index in [2.05, 4.69) is 9.97 Å². The highest BCUT2D eigenvalue weighted by atomic mass is 32.2. The number of carbonyl (C=O) groups excluding carboxylic acids is 1. The maximum Gasteiger partial charge on any atom is 0.308 e. The zero-order valence-corrected chi connectivity index (χ0v) is 9.81. The lowest BCUT2D eigenvalue weighted by atomic mass is 10.3. The summed E-state index contributed by atoms with van der Waals surface area (Å²) in [5.74, 6) is 0.0204. The van der Waals surface area contributed by atoms with Crippen molar-refractivity contribution in [2.75, 3.05) is 12.4 Å². The average Bonchev–Trinajstić information content (AvgIpc) is 2.28. The third-order valence-corrected chi connectivity index (χ3v) is 2.73. The van der Waals surface area contributed by atoms with Crippen molar-refractivity contribution in [1.82, 2.24) is 9.97 Å². The van der Waals surface area contributed by atoms with Crippen molar-refractivity contribution in [3.8, 4) is 0 Å². The fourth-order valence-electron chi connectivity index (χ4n) is 1.01. The molecule has 0 spiro atoms. The van der Waals surface area contributed by atoms with E-state index in [4.69, 9.17) is 4.74 Å². The Balaban J connectivity index is 2.25. The number of carbonyl (C=O) groups is 1. The molecule has 1 rings (SSSR count). The molecule has 1 aromatic rings. The van der Waals surface area contributed by atoms with Gasteiger partial charge in [0, 0.05) is 18.1 Å². The van der Waals surface area contributed by atoms with Gasteiger partial charge in [0.1, 0.15) is 5.03 Å². The highest BCUT2D eigenvalue weighted by Crippen LogP contribution is 2.15. The van der Waals surface area contributed by atoms with Gasteiger partial charge in [-0.1, -0.05) is 0 Å². The van der Waals surface area contributed by atoms with Crippen molar-refractivity contribution in [2.45, 2.75) is 24.5 Å². The molecule has 1 atom stereocenters. The molecular weight excluding hydrogens is 228 g/mol. The Morgan fingerprint density at radius 2 is 2.44 bits per heavy atom. The smallest absolute Gasteiger partial charge is 0.308 e. The van der Waals surface area contributed by atoms with Crippen LogP contribution in [0.5, 0.6) is 0 Å². The quantitative estimate of drug-likeness (QED) is 0.590. The van der Waals surface area contributed by atoms with E-state index in [1.807, 2.05) is 0 Å². The van der Waals surface area contributed by atoms with Crippen LogP contribution >= 0.6 is 11.8 Å². The molecule has 16 heavy (non-hydrogen) atoms. The van der Waals surface area contributed by atoms with E-state index in [-0.39, 0.29) is 12.4 Å². The van der Waals surface area contributed by atoms with Crippen LogP contribution in [0.4, 0.5) is 0 Å². The Hall–Kier alpha value is -1.14. The molecule has 0 aliphatic carbocycles. The number of aromatic nitrogens is 2. The van der Waals surface area contributed by atoms with Gasteiger partial charge < -0.3 is 9.84 Å². The van der Waals surface area contributed by atoms with Crippen LogP contribution in [-0.2, 0) is 9.53 Å². The number of hydrogen-bond acceptors (Lipinski definition) is 6. The first-order valence-electron chi connectivity index (χ1n) is 4.95. The summed E-state index contributed by atoms with van der Waals surface area (Å²) >= 11 is 1.36. The predicted molar refractivity (Wildman–Crippen MR) is 60.0 cm³/mol. The Morgan fingerprint density at radius 3 is 3.06 bits per heavy atom. The van der Waals surface area contributed by atoms with Crippen LogP contribution in [0.15, 0.2) is 23.6 Å². The second-order valence-corrected chi connectivity index (χ2v) is 4.06. The molecule has 5 nitrogen and oxygen atoms in total. The van der Waals surface area contributed by atoms with Crippen LogP contribution < -0.4 is 0 Å². The number of esters is 1. The second kappa shape index (κ2) is 7.19. The minimum absolute atomic E-state index is 0.0150. The van der Waals surface area contributed by atoms with Crippen molar-refractivity contribution in [2.24, 2.45) is 0 Å². The van der Waals surface area contributed by atoms with Crippen molar-refractivity contribution < 1.29 is 14.6 Å². The molecule has 0 saturated carbocycles. The molecule has 0 fully saturated rings. The second-order valence-electron chi connectivity index (χ2n) is 3.02. The van der Waals surface area contributed by atoms with Gasteiger partial charge in [0.05, 0.1) is 25.3 Å². The van der Waals surface area contributed by atoms with Crippen LogP contribution in [0.1, 0.15) is 13.3 Å². The van der Waals surface area contributed by atoms with Gasteiger partial charge in [-0.2, -0.15) is 0 Å². The molecule has 1 unspecified atom stereocenters. The molecule has 1 heterocycles. The Morgan fingerprint density at radius 1 is 1.62 bits per heavy atom. The Bertz CT molecular complexity index is 321. The summed E-state index contributed by atoms with van der Waals surface area (Å²) in [5, 5.41) is 10.3. The lowest BCUT2D eigenvalue weighted by Gasteiger charge is -2.08. The third kappa shape index (κ3) is 5.09. The maximum atomic E-state index is 11.0. The number of nitrogens with zero attached hydrogens (tertiary/aromatic N) is 2. The number of aliphatic hydroxyl groups excluding tert-OH is 1. The first kappa shape index (κ1) is 12.9. The van der Waals surface area contributed by atoms with Gasteiger partial charge >= 0.3 is 5.97 Å². The van der Waals surface area contributed by atoms with Gasteiger partial charge in [-0.05, 0) is 6.92 Å². The molecule has 0 saturated heterocycles. The summed E-state index contributed by atoms with van der Waals surface area (Å²) in [4.78, 5) is 19.0. The van der Waals surface area contributed by atoms with Gasteiger partial charge in [-0.15, -0.1) is 11.8 Å². The maximum absolute atomic E-state index is 11.0. The van der Waals surface area contributed by atoms with Crippen molar-refractivity contribution in [3.05, 3.63) is 18.6 Å². The van der Waals surface area contributed by atoms with Crippen molar-refractivity contribution >= 4 is 17.7 Å². The third-order valence-electron chi connectivity index (χ3n) is 1.67. The number of rotatable bonds is 6. The molecular formula is C10H14N2O3S. The summed E-state index contributed by atoms with van der Waals surface area (Å²) in [5.41, 5.74) is 0. The fourth-order valence-corrected chi connectivity index (χ4v) is 1.76. The summed E-state index contributed by atoms with van der Waals surface area (Å²) < 4.78 is 4.73. The summed E-state index contributed by atoms with van der Waals surface area (Å²) in [6.07, 6.45) is 4.08. The lowest BCUT2D eigenvalue weighted by molar-refractivity contribution is -0.144. The van der Waals surface area contributed by atoms with E-state index in [9.17, 15) is 9.90 Å². The van der Waals surface area contributed by atoms with Gasteiger partial charge in [-0.25, -0.2) is 4.98 Å². The Labute approximate surface area is 98.3 Å². The SMILES string of the molecule is CCOC(=O)CC(O)CSc1cnccn1. The number of ether oxygens (including phenoxy) is 1. The normalized spacial score (nSPS) is 12.1. The summed E-state index contributed by atoms with van der Waals surface area (Å²) in [6, 6.07) is 0. The molecule has 0 aliphatic heterocycles. The minimum atomic E-state index is -0.717. The van der Waals surface area contributed by atoms with Crippen molar-refractivity contribution in [1.29, 1.82) is 0 Å². The van der Waals surface area contributed by atoms with E-state index in [1.54, 1.807) is 25.5 Å². The first-order valence-corrected chi connectivity index (χ1v) is 5.93. The standard InChI is InChI=1S/C10H14N2O3S/c1-2-15-10(14)5-8(13)7-16-9-6-11-3-4-12-9/h3-4,6,8,13H,2,5,7H2,1H3. The molecule has 1 N–H and O–H groups in total. The van der Waals surface area contributed by atoms with Crippen LogP contribution in [0, 0.1) is 0 Å². The molecule has 6 heteroatoms. The minimum Gasteiger partial charge on any atom is -0.466 e. The van der Waals surface area contributed by atoms with E-state index in [0.29, 0.717) is 12.4 Å². The average molecular weight is 242 g/mol. The molecule has 1 aromatic heterocycles. The molecule has 0 amide bonds. The number of aliphatic hydroxyl groups is 1. The molecule has 0 bridgehead atoms. The van der Waals surface area contributed by atoms with Crippen LogP contribution in [-0.4, -0.2) is 39.5 Å². The highest BCUT2D eigenvalue weighted by Gasteiger charge is 2.12. The summed E-state index contributed by atoms with van der Waals surface area (Å²) in [6.45, 7) is 2.07. The largest absolute Gasteiger partial charge is 0.466 e.